The maximum Gasteiger partial charge on any atom is 0.415 e. The molecule has 18 heavy (non-hydrogen) atoms. The molecule has 0 saturated carbocycles. The van der Waals surface area contributed by atoms with Crippen molar-refractivity contribution in [1.29, 1.82) is 0 Å². The Balaban J connectivity index is 2.81. The van der Waals surface area contributed by atoms with Crippen LogP contribution in [0.2, 0.25) is 0 Å². The van der Waals surface area contributed by atoms with Crippen LogP contribution in [0.3, 0.4) is 0 Å². The maximum atomic E-state index is 12.6. The number of hydrogen-bond acceptors (Lipinski definition) is 3. The number of carbonyl (C=O) groups is 1. The van der Waals surface area contributed by atoms with Gasteiger partial charge in [0.2, 0.25) is 5.91 Å². The molecule has 4 N–H and O–H groups in total. The van der Waals surface area contributed by atoms with Gasteiger partial charge in [-0.25, -0.2) is 4.98 Å². The fourth-order valence-corrected chi connectivity index (χ4v) is 1.27. The molecule has 0 spiro atoms. The number of carbonyl (C=O) groups excluding carboxylic acids is 1. The van der Waals surface area contributed by atoms with Gasteiger partial charge in [0, 0.05) is 12.4 Å². The van der Waals surface area contributed by atoms with Crippen LogP contribution in [0.1, 0.15) is 32.1 Å². The van der Waals surface area contributed by atoms with Crippen LogP contribution in [0.25, 0.3) is 0 Å². The molecule has 5 nitrogen and oxygen atoms in total. The highest BCUT2D eigenvalue weighted by Crippen LogP contribution is 2.28. The number of amides is 1. The zero-order valence-corrected chi connectivity index (χ0v) is 10.0. The molecule has 1 aromatic heterocycles. The van der Waals surface area contributed by atoms with E-state index in [0.29, 0.717) is 19.2 Å². The second-order valence-corrected chi connectivity index (χ2v) is 4.11. The molecule has 0 aliphatic heterocycles. The molecule has 2 atom stereocenters. The van der Waals surface area contributed by atoms with Crippen LogP contribution in [0.5, 0.6) is 0 Å². The Morgan fingerprint density at radius 3 is 2.61 bits per heavy atom. The van der Waals surface area contributed by atoms with Gasteiger partial charge in [-0.3, -0.25) is 4.79 Å². The van der Waals surface area contributed by atoms with Crippen LogP contribution >= 0.6 is 0 Å². The lowest BCUT2D eigenvalue weighted by Gasteiger charge is -2.28. The minimum absolute atomic E-state index is 0.392. The Hall–Kier alpha value is -1.57. The smallest absolute Gasteiger partial charge is 0.347 e. The third kappa shape index (κ3) is 2.81. The van der Waals surface area contributed by atoms with Crippen molar-refractivity contribution < 1.29 is 18.0 Å². The normalized spacial score (nSPS) is 17.0. The predicted molar refractivity (Wildman–Crippen MR) is 58.4 cm³/mol. The number of rotatable bonds is 4. The zero-order chi connectivity index (χ0) is 14.0. The molecule has 0 aromatic carbocycles. The molecule has 2 unspecified atom stereocenters. The first-order valence-corrected chi connectivity index (χ1v) is 5.36. The maximum absolute atomic E-state index is 12.6. The Labute approximate surface area is 102 Å². The molecule has 0 fully saturated rings. The molecule has 1 amide bonds. The monoisotopic (exact) mass is 264 g/mol. The summed E-state index contributed by atoms with van der Waals surface area (Å²) in [6.07, 6.45) is -1.43. The average Bonchev–Trinajstić information content (AvgIpc) is 2.76. The Morgan fingerprint density at radius 1 is 1.61 bits per heavy atom. The summed E-state index contributed by atoms with van der Waals surface area (Å²) in [4.78, 5) is 18.2. The van der Waals surface area contributed by atoms with Crippen LogP contribution in [0.15, 0.2) is 12.4 Å². The fourth-order valence-electron chi connectivity index (χ4n) is 1.27. The lowest BCUT2D eigenvalue weighted by atomic mass is 10.0. The number of nitrogens with two attached hydrogens (primary N) is 1. The van der Waals surface area contributed by atoms with E-state index >= 15 is 0 Å². The number of nitrogens with zero attached hydrogens (tertiary/aromatic N) is 1. The van der Waals surface area contributed by atoms with Crippen molar-refractivity contribution in [3.8, 4) is 0 Å². The summed E-state index contributed by atoms with van der Waals surface area (Å²) in [6.45, 7) is 2.35. The van der Waals surface area contributed by atoms with E-state index in [9.17, 15) is 18.0 Å². The van der Waals surface area contributed by atoms with Crippen molar-refractivity contribution >= 4 is 5.91 Å². The molecule has 0 aliphatic rings. The molecular weight excluding hydrogens is 249 g/mol. The van der Waals surface area contributed by atoms with Crippen LogP contribution in [0, 0.1) is 0 Å². The standard InChI is InChI=1S/C10H15F3N4O/c1-3-6(7-15-4-5-16-7)17-8(18)9(2,14)10(11,12)13/h4-6H,3,14H2,1-2H3,(H,15,16)(H,17,18). The summed E-state index contributed by atoms with van der Waals surface area (Å²) < 4.78 is 37.7. The quantitative estimate of drug-likeness (QED) is 0.765. The minimum atomic E-state index is -4.81. The molecule has 0 saturated heterocycles. The molecule has 0 bridgehead atoms. The topological polar surface area (TPSA) is 83.8 Å². The van der Waals surface area contributed by atoms with Gasteiger partial charge in [-0.1, -0.05) is 6.92 Å². The van der Waals surface area contributed by atoms with Crippen molar-refractivity contribution in [2.75, 3.05) is 0 Å². The van der Waals surface area contributed by atoms with Crippen molar-refractivity contribution in [3.63, 3.8) is 0 Å². The zero-order valence-electron chi connectivity index (χ0n) is 10.0. The second kappa shape index (κ2) is 4.97. The molecule has 1 aromatic rings. The Bertz CT molecular complexity index is 400. The third-order valence-electron chi connectivity index (χ3n) is 2.62. The van der Waals surface area contributed by atoms with Crippen LogP contribution in [-0.4, -0.2) is 27.6 Å². The second-order valence-electron chi connectivity index (χ2n) is 4.11. The number of alkyl halides is 3. The highest BCUT2D eigenvalue weighted by atomic mass is 19.4. The van der Waals surface area contributed by atoms with Gasteiger partial charge in [0.1, 0.15) is 5.82 Å². The van der Waals surface area contributed by atoms with E-state index in [0.717, 1.165) is 0 Å². The van der Waals surface area contributed by atoms with E-state index in [1.807, 2.05) is 0 Å². The summed E-state index contributed by atoms with van der Waals surface area (Å²) in [5.74, 6) is -0.887. The van der Waals surface area contributed by atoms with E-state index in [1.54, 1.807) is 6.92 Å². The number of imidazole rings is 1. The Kier molecular flexibility index (Phi) is 4.00. The highest BCUT2D eigenvalue weighted by molar-refractivity contribution is 5.86. The average molecular weight is 264 g/mol. The summed E-state index contributed by atoms with van der Waals surface area (Å²) in [7, 11) is 0. The van der Waals surface area contributed by atoms with Crippen LogP contribution in [-0.2, 0) is 4.79 Å². The van der Waals surface area contributed by atoms with Gasteiger partial charge in [0.15, 0.2) is 5.54 Å². The van der Waals surface area contributed by atoms with E-state index < -0.39 is 23.7 Å². The van der Waals surface area contributed by atoms with Crippen molar-refractivity contribution in [3.05, 3.63) is 18.2 Å². The summed E-state index contributed by atoms with van der Waals surface area (Å²) in [5, 5.41) is 2.24. The van der Waals surface area contributed by atoms with Gasteiger partial charge in [0.25, 0.3) is 0 Å². The number of H-pyrrole nitrogens is 1. The molecule has 1 rings (SSSR count). The van der Waals surface area contributed by atoms with Gasteiger partial charge in [-0.05, 0) is 13.3 Å². The lowest BCUT2D eigenvalue weighted by Crippen LogP contribution is -2.61. The van der Waals surface area contributed by atoms with Gasteiger partial charge in [-0.2, -0.15) is 13.2 Å². The first kappa shape index (κ1) is 14.5. The van der Waals surface area contributed by atoms with Crippen molar-refractivity contribution in [1.82, 2.24) is 15.3 Å². The fraction of sp³-hybridized carbons (Fsp3) is 0.600. The predicted octanol–water partition coefficient (Wildman–Crippen LogP) is 1.26. The number of nitrogens with one attached hydrogen (secondary N) is 2. The molecule has 102 valence electrons. The minimum Gasteiger partial charge on any atom is -0.347 e. The molecule has 1 heterocycles. The number of hydrogen-bond donors (Lipinski definition) is 3. The number of aromatic amines is 1. The van der Waals surface area contributed by atoms with Crippen LogP contribution < -0.4 is 11.1 Å². The highest BCUT2D eigenvalue weighted by Gasteiger charge is 2.54. The summed E-state index contributed by atoms with van der Waals surface area (Å²) in [6, 6.07) is -0.627. The Morgan fingerprint density at radius 2 is 2.22 bits per heavy atom. The summed E-state index contributed by atoms with van der Waals surface area (Å²) >= 11 is 0. The van der Waals surface area contributed by atoms with Gasteiger partial charge in [0.05, 0.1) is 6.04 Å². The van der Waals surface area contributed by atoms with Crippen molar-refractivity contribution in [2.24, 2.45) is 5.73 Å². The lowest BCUT2D eigenvalue weighted by molar-refractivity contribution is -0.187. The SMILES string of the molecule is CCC(NC(=O)C(C)(N)C(F)(F)F)c1ncc[nH]1. The van der Waals surface area contributed by atoms with E-state index in [-0.39, 0.29) is 0 Å². The van der Waals surface area contributed by atoms with Crippen molar-refractivity contribution in [2.45, 2.75) is 38.0 Å². The molecule has 0 radical (unpaired) electrons. The van der Waals surface area contributed by atoms with Crippen LogP contribution in [0.4, 0.5) is 13.2 Å². The first-order chi connectivity index (χ1) is 8.20. The number of aromatic nitrogens is 2. The van der Waals surface area contributed by atoms with E-state index in [2.05, 4.69) is 15.3 Å². The van der Waals surface area contributed by atoms with Gasteiger partial charge >= 0.3 is 6.18 Å². The van der Waals surface area contributed by atoms with Gasteiger partial charge in [-0.15, -0.1) is 0 Å². The van der Waals surface area contributed by atoms with E-state index in [4.69, 9.17) is 5.73 Å². The van der Waals surface area contributed by atoms with Gasteiger partial charge < -0.3 is 16.0 Å². The molecule has 8 heteroatoms. The molecular formula is C10H15F3N4O. The largest absolute Gasteiger partial charge is 0.415 e. The first-order valence-electron chi connectivity index (χ1n) is 5.36. The third-order valence-corrected chi connectivity index (χ3v) is 2.62. The van der Waals surface area contributed by atoms with E-state index in [1.165, 1.54) is 12.4 Å². The molecule has 0 aliphatic carbocycles. The number of halogens is 3. The summed E-state index contributed by atoms with van der Waals surface area (Å²) in [5.41, 5.74) is 2.10.